The van der Waals surface area contributed by atoms with Crippen molar-refractivity contribution >= 4 is 11.6 Å². The van der Waals surface area contributed by atoms with Gasteiger partial charge in [-0.1, -0.05) is 6.42 Å². The van der Waals surface area contributed by atoms with Crippen molar-refractivity contribution in [2.24, 2.45) is 0 Å². The van der Waals surface area contributed by atoms with Crippen LogP contribution in [0.2, 0.25) is 0 Å². The van der Waals surface area contributed by atoms with Crippen molar-refractivity contribution in [2.75, 3.05) is 36.0 Å². The molecule has 0 spiro atoms. The Labute approximate surface area is 164 Å². The van der Waals surface area contributed by atoms with Crippen molar-refractivity contribution in [3.05, 3.63) is 48.2 Å². The molecule has 1 saturated heterocycles. The lowest BCUT2D eigenvalue weighted by molar-refractivity contribution is 0.410. The molecule has 8 nitrogen and oxygen atoms in total. The standard InChI is InChI=1S/C20H24N8/c1-15-7-8-28(25-15)19-6-5-18(23-24-19)26-9-11-27(12-10-26)20-13-17(21-14-22-20)16-3-2-4-16/h5-8,13-14,16H,2-4,9-12H2,1H3. The van der Waals surface area contributed by atoms with E-state index in [1.807, 2.05) is 31.3 Å². The second-order valence-electron chi connectivity index (χ2n) is 7.55. The molecule has 0 N–H and O–H groups in total. The SMILES string of the molecule is Cc1ccn(-c2ccc(N3CCN(c4cc(C5CCC5)ncn4)CC3)nn2)n1. The first-order chi connectivity index (χ1) is 13.8. The molecule has 8 heteroatoms. The summed E-state index contributed by atoms with van der Waals surface area (Å²) in [4.78, 5) is 13.6. The van der Waals surface area contributed by atoms with E-state index in [-0.39, 0.29) is 0 Å². The number of aryl methyl sites for hydroxylation is 1. The van der Waals surface area contributed by atoms with Crippen LogP contribution in [0.3, 0.4) is 0 Å². The zero-order valence-electron chi connectivity index (χ0n) is 16.1. The quantitative estimate of drug-likeness (QED) is 0.692. The fraction of sp³-hybridized carbons (Fsp3) is 0.450. The molecule has 2 aliphatic rings. The van der Waals surface area contributed by atoms with Gasteiger partial charge in [-0.25, -0.2) is 14.6 Å². The molecule has 0 amide bonds. The summed E-state index contributed by atoms with van der Waals surface area (Å²) in [6.45, 7) is 5.60. The normalized spacial score (nSPS) is 17.6. The molecule has 4 heterocycles. The van der Waals surface area contributed by atoms with Crippen LogP contribution >= 0.6 is 0 Å². The van der Waals surface area contributed by atoms with Crippen LogP contribution in [-0.4, -0.2) is 56.1 Å². The van der Waals surface area contributed by atoms with Gasteiger partial charge in [-0.3, -0.25) is 0 Å². The second-order valence-corrected chi connectivity index (χ2v) is 7.55. The summed E-state index contributed by atoms with van der Waals surface area (Å²) in [5, 5.41) is 13.1. The molecule has 1 aliphatic heterocycles. The van der Waals surface area contributed by atoms with Crippen LogP contribution in [0.15, 0.2) is 36.8 Å². The van der Waals surface area contributed by atoms with Crippen molar-refractivity contribution in [1.29, 1.82) is 0 Å². The summed E-state index contributed by atoms with van der Waals surface area (Å²) in [5.41, 5.74) is 2.17. The molecule has 1 aliphatic carbocycles. The number of nitrogens with zero attached hydrogens (tertiary/aromatic N) is 8. The maximum atomic E-state index is 4.51. The highest BCUT2D eigenvalue weighted by atomic mass is 15.4. The van der Waals surface area contributed by atoms with Crippen molar-refractivity contribution < 1.29 is 0 Å². The highest BCUT2D eigenvalue weighted by molar-refractivity contribution is 5.45. The molecule has 5 rings (SSSR count). The van der Waals surface area contributed by atoms with Gasteiger partial charge in [-0.2, -0.15) is 5.10 Å². The molecule has 0 atom stereocenters. The van der Waals surface area contributed by atoms with Gasteiger partial charge in [-0.05, 0) is 38.0 Å². The number of hydrogen-bond donors (Lipinski definition) is 0. The van der Waals surface area contributed by atoms with Gasteiger partial charge in [0, 0.05) is 50.1 Å². The predicted molar refractivity (Wildman–Crippen MR) is 107 cm³/mol. The van der Waals surface area contributed by atoms with Gasteiger partial charge in [0.05, 0.1) is 5.69 Å². The van der Waals surface area contributed by atoms with Crippen LogP contribution in [0.25, 0.3) is 5.82 Å². The van der Waals surface area contributed by atoms with Crippen molar-refractivity contribution in [3.8, 4) is 5.82 Å². The monoisotopic (exact) mass is 376 g/mol. The minimum atomic E-state index is 0.635. The third-order valence-electron chi connectivity index (χ3n) is 5.72. The molecule has 1 saturated carbocycles. The van der Waals surface area contributed by atoms with Crippen LogP contribution < -0.4 is 9.80 Å². The zero-order chi connectivity index (χ0) is 18.9. The number of rotatable bonds is 4. The van der Waals surface area contributed by atoms with E-state index in [1.54, 1.807) is 11.0 Å². The summed E-state index contributed by atoms with van der Waals surface area (Å²) < 4.78 is 1.75. The smallest absolute Gasteiger partial charge is 0.175 e. The predicted octanol–water partition coefficient (Wildman–Crippen LogP) is 2.35. The van der Waals surface area contributed by atoms with Crippen LogP contribution in [-0.2, 0) is 0 Å². The van der Waals surface area contributed by atoms with Gasteiger partial charge < -0.3 is 9.80 Å². The second kappa shape index (κ2) is 7.18. The Hall–Kier alpha value is -3.03. The first-order valence-electron chi connectivity index (χ1n) is 9.94. The molecule has 28 heavy (non-hydrogen) atoms. The fourth-order valence-electron chi connectivity index (χ4n) is 3.78. The minimum Gasteiger partial charge on any atom is -0.353 e. The van der Waals surface area contributed by atoms with Crippen molar-refractivity contribution in [1.82, 2.24) is 29.9 Å². The van der Waals surface area contributed by atoms with E-state index in [1.165, 1.54) is 25.0 Å². The molecule has 0 unspecified atom stereocenters. The maximum Gasteiger partial charge on any atom is 0.175 e. The highest BCUT2D eigenvalue weighted by Crippen LogP contribution is 2.35. The lowest BCUT2D eigenvalue weighted by Crippen LogP contribution is -2.47. The Morgan fingerprint density at radius 1 is 0.857 bits per heavy atom. The maximum absolute atomic E-state index is 4.51. The van der Waals surface area contributed by atoms with Gasteiger partial charge >= 0.3 is 0 Å². The fourth-order valence-corrected chi connectivity index (χ4v) is 3.78. The van der Waals surface area contributed by atoms with Crippen molar-refractivity contribution in [2.45, 2.75) is 32.1 Å². The molecule has 0 bridgehead atoms. The van der Waals surface area contributed by atoms with E-state index in [4.69, 9.17) is 0 Å². The molecular formula is C20H24N8. The first kappa shape index (κ1) is 17.1. The average Bonchev–Trinajstić information content (AvgIpc) is 3.14. The molecule has 3 aromatic heterocycles. The summed E-state index contributed by atoms with van der Waals surface area (Å²) >= 11 is 0. The van der Waals surface area contributed by atoms with E-state index < -0.39 is 0 Å². The van der Waals surface area contributed by atoms with Crippen molar-refractivity contribution in [3.63, 3.8) is 0 Å². The largest absolute Gasteiger partial charge is 0.353 e. The summed E-state index contributed by atoms with van der Waals surface area (Å²) in [6.07, 6.45) is 7.46. The van der Waals surface area contributed by atoms with Crippen LogP contribution in [0.1, 0.15) is 36.6 Å². The summed E-state index contributed by atoms with van der Waals surface area (Å²) in [6, 6.07) is 8.13. The van der Waals surface area contributed by atoms with E-state index >= 15 is 0 Å². The Bertz CT molecular complexity index is 939. The van der Waals surface area contributed by atoms with Crippen LogP contribution in [0, 0.1) is 6.92 Å². The summed E-state index contributed by atoms with van der Waals surface area (Å²) in [5.74, 6) is 3.33. The van der Waals surface area contributed by atoms with E-state index in [9.17, 15) is 0 Å². The Kier molecular flexibility index (Phi) is 4.38. The Balaban J connectivity index is 1.23. The minimum absolute atomic E-state index is 0.635. The number of anilines is 2. The molecule has 144 valence electrons. The summed E-state index contributed by atoms with van der Waals surface area (Å²) in [7, 11) is 0. The van der Waals surface area contributed by atoms with Gasteiger partial charge in [-0.15, -0.1) is 10.2 Å². The molecule has 2 fully saturated rings. The topological polar surface area (TPSA) is 75.9 Å². The lowest BCUT2D eigenvalue weighted by atomic mass is 9.83. The van der Waals surface area contributed by atoms with E-state index in [0.717, 1.165) is 49.3 Å². The Morgan fingerprint density at radius 3 is 2.18 bits per heavy atom. The Morgan fingerprint density at radius 2 is 1.57 bits per heavy atom. The first-order valence-corrected chi connectivity index (χ1v) is 9.94. The average molecular weight is 376 g/mol. The molecular weight excluding hydrogens is 352 g/mol. The van der Waals surface area contributed by atoms with Gasteiger partial charge in [0.15, 0.2) is 11.6 Å². The van der Waals surface area contributed by atoms with E-state index in [2.05, 4.69) is 41.1 Å². The molecule has 0 radical (unpaired) electrons. The number of piperazine rings is 1. The zero-order valence-corrected chi connectivity index (χ0v) is 16.1. The molecule has 0 aromatic carbocycles. The van der Waals surface area contributed by atoms with Crippen LogP contribution in [0.5, 0.6) is 0 Å². The van der Waals surface area contributed by atoms with Gasteiger partial charge in [0.25, 0.3) is 0 Å². The number of hydrogen-bond acceptors (Lipinski definition) is 7. The third kappa shape index (κ3) is 3.30. The highest BCUT2D eigenvalue weighted by Gasteiger charge is 2.24. The van der Waals surface area contributed by atoms with E-state index in [0.29, 0.717) is 5.92 Å². The third-order valence-corrected chi connectivity index (χ3v) is 5.72. The lowest BCUT2D eigenvalue weighted by Gasteiger charge is -2.36. The number of aromatic nitrogens is 6. The molecule has 3 aromatic rings. The van der Waals surface area contributed by atoms with Gasteiger partial charge in [0.2, 0.25) is 0 Å². The van der Waals surface area contributed by atoms with Crippen LogP contribution in [0.4, 0.5) is 11.6 Å². The van der Waals surface area contributed by atoms with Gasteiger partial charge in [0.1, 0.15) is 12.1 Å².